The van der Waals surface area contributed by atoms with E-state index in [1.165, 1.54) is 70.6 Å². The summed E-state index contributed by atoms with van der Waals surface area (Å²) in [4.78, 5) is 49.0. The molecule has 15 nitrogen and oxygen atoms in total. The summed E-state index contributed by atoms with van der Waals surface area (Å²) in [5.74, 6) is 1.10. The van der Waals surface area contributed by atoms with Gasteiger partial charge < -0.3 is 56.5 Å². The Morgan fingerprint density at radius 1 is 0.642 bits per heavy atom. The van der Waals surface area contributed by atoms with Crippen molar-refractivity contribution in [1.29, 1.82) is 0 Å². The molecule has 9 atom stereocenters. The lowest BCUT2D eigenvalue weighted by Crippen LogP contribution is -2.59. The van der Waals surface area contributed by atoms with Crippen LogP contribution in [0.4, 0.5) is 4.79 Å². The van der Waals surface area contributed by atoms with E-state index in [0.29, 0.717) is 37.6 Å². The third-order valence-electron chi connectivity index (χ3n) is 13.7. The smallest absolute Gasteiger partial charge is 0.315 e. The monoisotopic (exact) mass is 970 g/mol. The molecule has 390 valence electrons. The molecule has 0 spiro atoms. The number of hydrogen-bond acceptors (Lipinski definition) is 11. The molecule has 0 aliphatic carbocycles. The SMILES string of the molecule is CCCCCCCCCCCCCCCC[C@@H](CO[C@H]1O[C@H](CO)[C@H](O)[C@H](O)[C@H]1O)NC(=O)CCCCCCCCCCNC(=O)CCCCCNC(=O)CCCC[C@@H]1SC[C@@H]2NC(=O)N[C@@H]21. The minimum Gasteiger partial charge on any atom is -0.394 e. The summed E-state index contributed by atoms with van der Waals surface area (Å²) < 4.78 is 11.4. The van der Waals surface area contributed by atoms with Crippen LogP contribution in [0.1, 0.15) is 212 Å². The third-order valence-corrected chi connectivity index (χ3v) is 15.2. The van der Waals surface area contributed by atoms with Crippen molar-refractivity contribution in [1.82, 2.24) is 26.6 Å². The molecule has 0 aromatic carbocycles. The number of aliphatic hydroxyl groups excluding tert-OH is 4. The van der Waals surface area contributed by atoms with Gasteiger partial charge in [-0.2, -0.15) is 11.8 Å². The number of carbonyl (C=O) groups is 4. The Balaban J connectivity index is 1.14. The molecule has 3 fully saturated rings. The molecule has 67 heavy (non-hydrogen) atoms. The maximum Gasteiger partial charge on any atom is 0.315 e. The van der Waals surface area contributed by atoms with E-state index in [2.05, 4.69) is 33.5 Å². The maximum absolute atomic E-state index is 13.0. The molecule has 0 radical (unpaired) electrons. The second-order valence-corrected chi connectivity index (χ2v) is 20.9. The highest BCUT2D eigenvalue weighted by molar-refractivity contribution is 8.00. The van der Waals surface area contributed by atoms with E-state index in [4.69, 9.17) is 9.47 Å². The van der Waals surface area contributed by atoms with Crippen molar-refractivity contribution in [2.45, 2.75) is 266 Å². The summed E-state index contributed by atoms with van der Waals surface area (Å²) in [6.45, 7) is 3.16. The zero-order chi connectivity index (χ0) is 48.3. The van der Waals surface area contributed by atoms with Crippen molar-refractivity contribution in [2.75, 3.05) is 32.1 Å². The van der Waals surface area contributed by atoms with Crippen LogP contribution in [0, 0.1) is 0 Å². The Kier molecular flexibility index (Phi) is 33.2. The standard InChI is InChI=1S/C51H95N5O10S/c1-2-3-4-5-6-7-8-9-10-11-12-15-18-22-29-39(37-65-50-49(63)48(62)47(61)41(36-57)66-50)54-45(60)33-23-19-16-13-14-17-20-27-34-52-43(58)31-24-21-28-35-53-44(59)32-26-25-30-42-46-40(38-67-42)55-51(64)56-46/h39-42,46-50,57,61-63H,2-38H2,1H3,(H,52,58)(H,53,59)(H,54,60)(H2,55,56,64)/t39-,40-,41+,42-,46-,47-,48-,49+,50-/m0/s1. The lowest BCUT2D eigenvalue weighted by Gasteiger charge is -2.40. The van der Waals surface area contributed by atoms with Gasteiger partial charge in [-0.1, -0.05) is 148 Å². The highest BCUT2D eigenvalue weighted by atomic mass is 32.2. The lowest BCUT2D eigenvalue weighted by atomic mass is 9.99. The molecule has 0 unspecified atom stereocenters. The van der Waals surface area contributed by atoms with Crippen LogP contribution in [0.25, 0.3) is 0 Å². The van der Waals surface area contributed by atoms with Crippen LogP contribution in [0.2, 0.25) is 0 Å². The van der Waals surface area contributed by atoms with Crippen molar-refractivity contribution >= 4 is 35.5 Å². The van der Waals surface area contributed by atoms with E-state index in [0.717, 1.165) is 121 Å². The van der Waals surface area contributed by atoms with Crippen LogP contribution < -0.4 is 26.6 Å². The van der Waals surface area contributed by atoms with Crippen LogP contribution in [-0.2, 0) is 23.9 Å². The number of amides is 5. The number of unbranched alkanes of at least 4 members (excludes halogenated alkanes) is 23. The number of rotatable bonds is 42. The Labute approximate surface area is 408 Å². The van der Waals surface area contributed by atoms with E-state index < -0.39 is 37.3 Å². The van der Waals surface area contributed by atoms with Gasteiger partial charge in [-0.3, -0.25) is 14.4 Å². The first-order valence-electron chi connectivity index (χ1n) is 27.1. The van der Waals surface area contributed by atoms with E-state index >= 15 is 0 Å². The average Bonchev–Trinajstić information content (AvgIpc) is 3.88. The van der Waals surface area contributed by atoms with Crippen molar-refractivity contribution in [3.63, 3.8) is 0 Å². The van der Waals surface area contributed by atoms with Gasteiger partial charge in [-0.25, -0.2) is 4.79 Å². The number of ether oxygens (including phenoxy) is 2. The molecular weight excluding hydrogens is 875 g/mol. The maximum atomic E-state index is 13.0. The van der Waals surface area contributed by atoms with Crippen LogP contribution in [0.3, 0.4) is 0 Å². The van der Waals surface area contributed by atoms with Gasteiger partial charge in [-0.15, -0.1) is 0 Å². The van der Waals surface area contributed by atoms with E-state index in [1.807, 2.05) is 11.8 Å². The van der Waals surface area contributed by atoms with Crippen LogP contribution in [0.5, 0.6) is 0 Å². The van der Waals surface area contributed by atoms with Gasteiger partial charge in [0.1, 0.15) is 24.4 Å². The fraction of sp³-hybridized carbons (Fsp3) is 0.922. The molecule has 3 heterocycles. The van der Waals surface area contributed by atoms with Gasteiger partial charge in [0, 0.05) is 43.4 Å². The first kappa shape index (κ1) is 59.1. The summed E-state index contributed by atoms with van der Waals surface area (Å²) in [7, 11) is 0. The number of hydrogen-bond donors (Lipinski definition) is 9. The average molecular weight is 970 g/mol. The highest BCUT2D eigenvalue weighted by Crippen LogP contribution is 2.33. The van der Waals surface area contributed by atoms with Gasteiger partial charge in [-0.05, 0) is 44.9 Å². The lowest BCUT2D eigenvalue weighted by molar-refractivity contribution is -0.302. The van der Waals surface area contributed by atoms with E-state index in [1.54, 1.807) is 0 Å². The second kappa shape index (κ2) is 37.6. The zero-order valence-corrected chi connectivity index (χ0v) is 42.3. The van der Waals surface area contributed by atoms with Crippen molar-refractivity contribution in [2.24, 2.45) is 0 Å². The molecule has 3 aliphatic rings. The topological polar surface area (TPSA) is 228 Å². The predicted octanol–water partition coefficient (Wildman–Crippen LogP) is 7.19. The summed E-state index contributed by atoms with van der Waals surface area (Å²) in [5, 5.41) is 55.9. The molecular formula is C51H95N5O10S. The van der Waals surface area contributed by atoms with Crippen molar-refractivity contribution < 1.29 is 49.1 Å². The Hall–Kier alpha value is -2.21. The fourth-order valence-corrected chi connectivity index (χ4v) is 11.0. The molecule has 3 rings (SSSR count). The summed E-state index contributed by atoms with van der Waals surface area (Å²) in [5.41, 5.74) is 0. The highest BCUT2D eigenvalue weighted by Gasteiger charge is 2.44. The number of fused-ring (bicyclic) bond motifs is 1. The predicted molar refractivity (Wildman–Crippen MR) is 267 cm³/mol. The summed E-state index contributed by atoms with van der Waals surface area (Å²) >= 11 is 1.91. The van der Waals surface area contributed by atoms with Crippen LogP contribution in [0.15, 0.2) is 0 Å². The Morgan fingerprint density at radius 3 is 1.70 bits per heavy atom. The zero-order valence-electron chi connectivity index (χ0n) is 41.5. The molecule has 0 aromatic rings. The van der Waals surface area contributed by atoms with Gasteiger partial charge >= 0.3 is 6.03 Å². The molecule has 0 saturated carbocycles. The van der Waals surface area contributed by atoms with Crippen LogP contribution >= 0.6 is 11.8 Å². The number of aliphatic hydroxyl groups is 4. The number of urea groups is 1. The van der Waals surface area contributed by atoms with E-state index in [9.17, 15) is 39.6 Å². The van der Waals surface area contributed by atoms with Crippen LogP contribution in [-0.4, -0.2) is 130 Å². The molecule has 0 aromatic heterocycles. The minimum atomic E-state index is -1.51. The number of nitrogens with one attached hydrogen (secondary N) is 5. The molecule has 9 N–H and O–H groups in total. The molecule has 3 saturated heterocycles. The van der Waals surface area contributed by atoms with Gasteiger partial charge in [0.25, 0.3) is 0 Å². The quantitative estimate of drug-likeness (QED) is 0.0220. The molecule has 3 aliphatic heterocycles. The normalized spacial score (nSPS) is 23.9. The van der Waals surface area contributed by atoms with Gasteiger partial charge in [0.2, 0.25) is 17.7 Å². The van der Waals surface area contributed by atoms with Crippen molar-refractivity contribution in [3.8, 4) is 0 Å². The fourth-order valence-electron chi connectivity index (χ4n) is 9.46. The number of carbonyl (C=O) groups excluding carboxylic acids is 4. The first-order valence-corrected chi connectivity index (χ1v) is 28.1. The minimum absolute atomic E-state index is 0.0330. The van der Waals surface area contributed by atoms with Gasteiger partial charge in [0.05, 0.1) is 31.3 Å². The number of thioether (sulfide) groups is 1. The van der Waals surface area contributed by atoms with Gasteiger partial charge in [0.15, 0.2) is 6.29 Å². The van der Waals surface area contributed by atoms with E-state index in [-0.39, 0.29) is 48.5 Å². The Morgan fingerprint density at radius 2 is 1.13 bits per heavy atom. The molecule has 0 bridgehead atoms. The Bertz CT molecular complexity index is 1320. The second-order valence-electron chi connectivity index (χ2n) is 19.6. The molecule has 16 heteroatoms. The first-order chi connectivity index (χ1) is 32.6. The summed E-state index contributed by atoms with van der Waals surface area (Å²) in [6.07, 6.45) is 26.9. The summed E-state index contributed by atoms with van der Waals surface area (Å²) in [6, 6.07) is 0.110. The largest absolute Gasteiger partial charge is 0.394 e. The van der Waals surface area contributed by atoms with Crippen molar-refractivity contribution in [3.05, 3.63) is 0 Å². The molecule has 5 amide bonds. The third kappa shape index (κ3) is 26.5.